The Balaban J connectivity index is 2.43. The predicted molar refractivity (Wildman–Crippen MR) is 58.3 cm³/mol. The minimum Gasteiger partial charge on any atom is -0.327 e. The zero-order chi connectivity index (χ0) is 10.8. The van der Waals surface area contributed by atoms with E-state index in [0.29, 0.717) is 0 Å². The maximum absolute atomic E-state index is 11.9. The number of hydrogen-bond donors (Lipinski definition) is 0. The number of carbonyl (C=O) groups excluding carboxylic acids is 1. The van der Waals surface area contributed by atoms with E-state index in [4.69, 9.17) is 0 Å². The van der Waals surface area contributed by atoms with Crippen molar-refractivity contribution < 1.29 is 4.79 Å². The maximum atomic E-state index is 11.9. The molecule has 1 aliphatic rings. The molecule has 0 N–H and O–H groups in total. The van der Waals surface area contributed by atoms with E-state index >= 15 is 0 Å². The van der Waals surface area contributed by atoms with Crippen molar-refractivity contribution in [3.05, 3.63) is 0 Å². The van der Waals surface area contributed by atoms with Crippen molar-refractivity contribution >= 4 is 6.03 Å². The van der Waals surface area contributed by atoms with Crippen LogP contribution < -0.4 is 0 Å². The second-order valence-electron chi connectivity index (χ2n) is 5.39. The molecular weight excluding hydrogens is 176 g/mol. The standard InChI is InChI=1S/C11H22N2O/c1-11(2,3)9-12(4)10(14)13-7-5-6-8-13/h5-9H2,1-4H3. The van der Waals surface area contributed by atoms with Crippen LogP contribution in [0.5, 0.6) is 0 Å². The molecule has 2 amide bonds. The van der Waals surface area contributed by atoms with Crippen LogP contribution in [0.15, 0.2) is 0 Å². The molecule has 1 saturated heterocycles. The number of hydrogen-bond acceptors (Lipinski definition) is 1. The smallest absolute Gasteiger partial charge is 0.319 e. The summed E-state index contributed by atoms with van der Waals surface area (Å²) in [6, 6.07) is 0.192. The van der Waals surface area contributed by atoms with Gasteiger partial charge in [-0.1, -0.05) is 20.8 Å². The molecule has 0 aliphatic carbocycles. The maximum Gasteiger partial charge on any atom is 0.319 e. The molecule has 14 heavy (non-hydrogen) atoms. The Morgan fingerprint density at radius 2 is 1.79 bits per heavy atom. The third kappa shape index (κ3) is 3.20. The van der Waals surface area contributed by atoms with Gasteiger partial charge in [-0.3, -0.25) is 0 Å². The number of likely N-dealkylation sites (tertiary alicyclic amines) is 1. The van der Waals surface area contributed by atoms with Gasteiger partial charge in [-0.05, 0) is 18.3 Å². The molecule has 0 atom stereocenters. The molecule has 1 aliphatic heterocycles. The highest BCUT2D eigenvalue weighted by molar-refractivity contribution is 5.74. The van der Waals surface area contributed by atoms with Gasteiger partial charge < -0.3 is 9.80 Å². The summed E-state index contributed by atoms with van der Waals surface area (Å²) < 4.78 is 0. The zero-order valence-electron chi connectivity index (χ0n) is 9.84. The van der Waals surface area contributed by atoms with Gasteiger partial charge in [-0.15, -0.1) is 0 Å². The molecule has 82 valence electrons. The summed E-state index contributed by atoms with van der Waals surface area (Å²) in [5.41, 5.74) is 0.185. The summed E-state index contributed by atoms with van der Waals surface area (Å²) in [5, 5.41) is 0. The van der Waals surface area contributed by atoms with Gasteiger partial charge in [0.05, 0.1) is 0 Å². The monoisotopic (exact) mass is 198 g/mol. The van der Waals surface area contributed by atoms with E-state index in [1.165, 1.54) is 0 Å². The van der Waals surface area contributed by atoms with Crippen molar-refractivity contribution in [3.63, 3.8) is 0 Å². The van der Waals surface area contributed by atoms with Crippen LogP contribution in [-0.4, -0.2) is 42.5 Å². The van der Waals surface area contributed by atoms with Gasteiger partial charge in [0.1, 0.15) is 0 Å². The van der Waals surface area contributed by atoms with Crippen LogP contribution in [0.1, 0.15) is 33.6 Å². The molecule has 0 aromatic carbocycles. The molecule has 1 heterocycles. The average Bonchev–Trinajstić information content (AvgIpc) is 2.51. The van der Waals surface area contributed by atoms with Crippen molar-refractivity contribution in [1.82, 2.24) is 9.80 Å². The molecule has 1 rings (SSSR count). The second-order valence-corrected chi connectivity index (χ2v) is 5.39. The first kappa shape index (κ1) is 11.3. The summed E-state index contributed by atoms with van der Waals surface area (Å²) in [6.45, 7) is 9.16. The topological polar surface area (TPSA) is 23.6 Å². The highest BCUT2D eigenvalue weighted by Gasteiger charge is 2.24. The number of nitrogens with zero attached hydrogens (tertiary/aromatic N) is 2. The lowest BCUT2D eigenvalue weighted by atomic mass is 9.96. The Morgan fingerprint density at radius 3 is 2.21 bits per heavy atom. The van der Waals surface area contributed by atoms with Crippen LogP contribution in [0.4, 0.5) is 4.79 Å². The van der Waals surface area contributed by atoms with E-state index < -0.39 is 0 Å². The number of carbonyl (C=O) groups is 1. The molecule has 0 radical (unpaired) electrons. The SMILES string of the molecule is CN(CC(C)(C)C)C(=O)N1CCCC1. The fraction of sp³-hybridized carbons (Fsp3) is 0.909. The van der Waals surface area contributed by atoms with E-state index in [0.717, 1.165) is 32.5 Å². The first-order valence-electron chi connectivity index (χ1n) is 5.40. The molecular formula is C11H22N2O. The lowest BCUT2D eigenvalue weighted by Crippen LogP contribution is -2.42. The highest BCUT2D eigenvalue weighted by Crippen LogP contribution is 2.16. The van der Waals surface area contributed by atoms with Gasteiger partial charge in [0.15, 0.2) is 0 Å². The summed E-state index contributed by atoms with van der Waals surface area (Å²) in [5.74, 6) is 0. The van der Waals surface area contributed by atoms with E-state index in [1.54, 1.807) is 0 Å². The normalized spacial score (nSPS) is 17.3. The molecule has 3 nitrogen and oxygen atoms in total. The van der Waals surface area contributed by atoms with Gasteiger partial charge in [0.25, 0.3) is 0 Å². The largest absolute Gasteiger partial charge is 0.327 e. The highest BCUT2D eigenvalue weighted by atomic mass is 16.2. The molecule has 0 spiro atoms. The van der Waals surface area contributed by atoms with Crippen LogP contribution in [0.3, 0.4) is 0 Å². The summed E-state index contributed by atoms with van der Waals surface area (Å²) >= 11 is 0. The Morgan fingerprint density at radius 1 is 1.29 bits per heavy atom. The first-order valence-corrected chi connectivity index (χ1v) is 5.40. The van der Waals surface area contributed by atoms with Crippen molar-refractivity contribution in [2.75, 3.05) is 26.7 Å². The fourth-order valence-corrected chi connectivity index (χ4v) is 1.93. The Bertz CT molecular complexity index is 202. The predicted octanol–water partition coefficient (Wildman–Crippen LogP) is 2.18. The molecule has 0 aromatic heterocycles. The lowest BCUT2D eigenvalue weighted by molar-refractivity contribution is 0.156. The fourth-order valence-electron chi connectivity index (χ4n) is 1.93. The lowest BCUT2D eigenvalue weighted by Gasteiger charge is -2.30. The van der Waals surface area contributed by atoms with Crippen LogP contribution in [0, 0.1) is 5.41 Å². The van der Waals surface area contributed by atoms with Gasteiger partial charge in [-0.2, -0.15) is 0 Å². The van der Waals surface area contributed by atoms with Gasteiger partial charge in [-0.25, -0.2) is 4.79 Å². The summed E-state index contributed by atoms with van der Waals surface area (Å²) in [6.07, 6.45) is 2.32. The third-order valence-corrected chi connectivity index (χ3v) is 2.41. The Labute approximate surface area is 87.1 Å². The number of urea groups is 1. The van der Waals surface area contributed by atoms with Crippen LogP contribution in [0.2, 0.25) is 0 Å². The van der Waals surface area contributed by atoms with Gasteiger partial charge in [0.2, 0.25) is 0 Å². The molecule has 0 bridgehead atoms. The Hall–Kier alpha value is -0.730. The molecule has 1 fully saturated rings. The average molecular weight is 198 g/mol. The quantitative estimate of drug-likeness (QED) is 0.633. The zero-order valence-corrected chi connectivity index (χ0v) is 9.84. The van der Waals surface area contributed by atoms with E-state index in [-0.39, 0.29) is 11.4 Å². The van der Waals surface area contributed by atoms with Crippen molar-refractivity contribution in [2.24, 2.45) is 5.41 Å². The molecule has 3 heteroatoms. The minimum absolute atomic E-state index is 0.185. The summed E-state index contributed by atoms with van der Waals surface area (Å²) in [7, 11) is 1.89. The molecule has 0 aromatic rings. The summed E-state index contributed by atoms with van der Waals surface area (Å²) in [4.78, 5) is 15.7. The second kappa shape index (κ2) is 4.20. The van der Waals surface area contributed by atoms with Crippen molar-refractivity contribution in [2.45, 2.75) is 33.6 Å². The first-order chi connectivity index (χ1) is 6.40. The van der Waals surface area contributed by atoms with Crippen molar-refractivity contribution in [1.29, 1.82) is 0 Å². The number of rotatable bonds is 1. The van der Waals surface area contributed by atoms with Gasteiger partial charge in [0, 0.05) is 26.7 Å². The number of amides is 2. The van der Waals surface area contributed by atoms with Gasteiger partial charge >= 0.3 is 6.03 Å². The minimum atomic E-state index is 0.185. The molecule has 0 saturated carbocycles. The van der Waals surface area contributed by atoms with Crippen LogP contribution in [0.25, 0.3) is 0 Å². The van der Waals surface area contributed by atoms with E-state index in [9.17, 15) is 4.79 Å². The van der Waals surface area contributed by atoms with E-state index in [2.05, 4.69) is 20.8 Å². The third-order valence-electron chi connectivity index (χ3n) is 2.41. The van der Waals surface area contributed by atoms with Crippen LogP contribution in [-0.2, 0) is 0 Å². The Kier molecular flexibility index (Phi) is 3.40. The van der Waals surface area contributed by atoms with E-state index in [1.807, 2.05) is 16.8 Å². The van der Waals surface area contributed by atoms with Crippen LogP contribution >= 0.6 is 0 Å². The van der Waals surface area contributed by atoms with Crippen molar-refractivity contribution in [3.8, 4) is 0 Å². The molecule has 0 unspecified atom stereocenters.